The Balaban J connectivity index is 4.12. The van der Waals surface area contributed by atoms with Crippen molar-refractivity contribution in [3.05, 3.63) is 0 Å². The molecule has 2 nitrogen and oxygen atoms in total. The average molecular weight is 217 g/mol. The largest absolute Gasteiger partial charge is 0.342 e. The quantitative estimate of drug-likeness (QED) is 0.776. The Morgan fingerprint density at radius 2 is 1.64 bits per heavy atom. The Kier molecular flexibility index (Phi) is 4.99. The normalized spacial score (nSPS) is 12.7. The average Bonchev–Trinajstić information content (AvgIpc) is 2.02. The van der Waals surface area contributed by atoms with Gasteiger partial charge in [0.05, 0.1) is 0 Å². The molecular weight excluding hydrogens is 194 g/mol. The van der Waals surface area contributed by atoms with Crippen molar-refractivity contribution in [1.82, 2.24) is 5.32 Å². The van der Waals surface area contributed by atoms with Gasteiger partial charge in [-0.2, -0.15) is 0 Å². The minimum Gasteiger partial charge on any atom is -0.342 e. The molecule has 14 heavy (non-hydrogen) atoms. The van der Waals surface area contributed by atoms with Gasteiger partial charge in [-0.05, 0) is 26.7 Å². The summed E-state index contributed by atoms with van der Waals surface area (Å²) in [4.78, 5) is 11.6. The molecule has 0 spiro atoms. The van der Waals surface area contributed by atoms with Crippen molar-refractivity contribution in [2.24, 2.45) is 0 Å². The van der Waals surface area contributed by atoms with Crippen LogP contribution in [0.1, 0.15) is 54.4 Å². The number of rotatable bonds is 4. The van der Waals surface area contributed by atoms with Crippen LogP contribution in [-0.4, -0.2) is 15.5 Å². The van der Waals surface area contributed by atoms with Crippen molar-refractivity contribution in [2.45, 2.75) is 64.7 Å². The second-order valence-corrected chi connectivity index (χ2v) is 6.55. The summed E-state index contributed by atoms with van der Waals surface area (Å²) < 4.78 is 0.0356. The van der Waals surface area contributed by atoms with E-state index in [4.69, 9.17) is 0 Å². The molecule has 0 aliphatic rings. The lowest BCUT2D eigenvalue weighted by Gasteiger charge is -2.27. The maximum Gasteiger partial charge on any atom is 0.279 e. The van der Waals surface area contributed by atoms with E-state index in [2.05, 4.69) is 33.0 Å². The van der Waals surface area contributed by atoms with Gasteiger partial charge in [-0.15, -0.1) is 0 Å². The predicted molar refractivity (Wildman–Crippen MR) is 64.9 cm³/mol. The third-order valence-electron chi connectivity index (χ3n) is 2.54. The maximum atomic E-state index is 11.6. The zero-order valence-electron chi connectivity index (χ0n) is 10.2. The molecule has 0 saturated carbocycles. The van der Waals surface area contributed by atoms with Gasteiger partial charge in [0.1, 0.15) is 0 Å². The van der Waals surface area contributed by atoms with E-state index in [9.17, 15) is 4.79 Å². The first kappa shape index (κ1) is 13.8. The van der Waals surface area contributed by atoms with Crippen LogP contribution >= 0.6 is 11.8 Å². The molecule has 0 saturated heterocycles. The maximum absolute atomic E-state index is 11.6. The van der Waals surface area contributed by atoms with E-state index in [1.54, 1.807) is 0 Å². The van der Waals surface area contributed by atoms with E-state index in [0.29, 0.717) is 0 Å². The van der Waals surface area contributed by atoms with Gasteiger partial charge in [-0.1, -0.05) is 39.5 Å². The van der Waals surface area contributed by atoms with Crippen molar-refractivity contribution in [3.63, 3.8) is 0 Å². The van der Waals surface area contributed by atoms with Gasteiger partial charge in [0.2, 0.25) is 0 Å². The van der Waals surface area contributed by atoms with Crippen LogP contribution in [0, 0.1) is 0 Å². The number of hydrogen-bond donors (Lipinski definition) is 1. The number of amides is 1. The molecule has 0 aromatic carbocycles. The molecule has 0 aromatic rings. The van der Waals surface area contributed by atoms with Crippen molar-refractivity contribution >= 4 is 17.0 Å². The molecular formula is C11H23NOS. The van der Waals surface area contributed by atoms with Crippen LogP contribution in [0.4, 0.5) is 4.79 Å². The zero-order chi connectivity index (χ0) is 11.4. The molecule has 0 aliphatic carbocycles. The highest BCUT2D eigenvalue weighted by Gasteiger charge is 2.24. The van der Waals surface area contributed by atoms with Crippen molar-refractivity contribution in [3.8, 4) is 0 Å². The van der Waals surface area contributed by atoms with Crippen LogP contribution in [0.25, 0.3) is 0 Å². The summed E-state index contributed by atoms with van der Waals surface area (Å²) in [5.74, 6) is 0. The van der Waals surface area contributed by atoms with Gasteiger partial charge < -0.3 is 5.32 Å². The highest BCUT2D eigenvalue weighted by molar-refractivity contribution is 8.14. The Bertz CT molecular complexity index is 179. The Morgan fingerprint density at radius 3 is 2.00 bits per heavy atom. The first-order chi connectivity index (χ1) is 6.22. The monoisotopic (exact) mass is 217 g/mol. The summed E-state index contributed by atoms with van der Waals surface area (Å²) in [5.41, 5.74) is -0.0894. The second-order valence-electron chi connectivity index (χ2n) is 4.87. The van der Waals surface area contributed by atoms with Gasteiger partial charge in [0.15, 0.2) is 0 Å². The summed E-state index contributed by atoms with van der Waals surface area (Å²) in [7, 11) is 0. The minimum absolute atomic E-state index is 0.0356. The highest BCUT2D eigenvalue weighted by atomic mass is 32.2. The van der Waals surface area contributed by atoms with E-state index in [1.165, 1.54) is 11.8 Å². The summed E-state index contributed by atoms with van der Waals surface area (Å²) >= 11 is 1.39. The molecule has 0 aliphatic heterocycles. The van der Waals surface area contributed by atoms with Crippen molar-refractivity contribution in [1.29, 1.82) is 0 Å². The van der Waals surface area contributed by atoms with E-state index in [0.717, 1.165) is 12.8 Å². The number of carbonyl (C=O) groups excluding carboxylic acids is 1. The van der Waals surface area contributed by atoms with E-state index in [-0.39, 0.29) is 15.5 Å². The van der Waals surface area contributed by atoms with Gasteiger partial charge in [-0.25, -0.2) is 0 Å². The van der Waals surface area contributed by atoms with Gasteiger partial charge in [-0.3, -0.25) is 4.79 Å². The molecule has 1 amide bonds. The highest BCUT2D eigenvalue weighted by Crippen LogP contribution is 2.28. The Labute approximate surface area is 92.2 Å². The number of hydrogen-bond acceptors (Lipinski definition) is 2. The standard InChI is InChI=1S/C11H23NOS/c1-7-10(3,4)12-9(13)14-11(5,6)8-2/h7-8H2,1-6H3,(H,12,13). The molecule has 0 unspecified atom stereocenters. The topological polar surface area (TPSA) is 29.1 Å². The SMILES string of the molecule is CCC(C)(C)NC(=O)SC(C)(C)CC. The molecule has 0 radical (unpaired) electrons. The van der Waals surface area contributed by atoms with Crippen LogP contribution in [-0.2, 0) is 0 Å². The Morgan fingerprint density at radius 1 is 1.14 bits per heavy atom. The van der Waals surface area contributed by atoms with Crippen LogP contribution in [0.2, 0.25) is 0 Å². The van der Waals surface area contributed by atoms with E-state index < -0.39 is 0 Å². The lowest BCUT2D eigenvalue weighted by atomic mass is 10.0. The second kappa shape index (κ2) is 5.06. The fourth-order valence-corrected chi connectivity index (χ4v) is 1.69. The summed E-state index contributed by atoms with van der Waals surface area (Å²) in [6.45, 7) is 12.5. The fourth-order valence-electron chi connectivity index (χ4n) is 0.713. The van der Waals surface area contributed by atoms with Crippen LogP contribution in [0.15, 0.2) is 0 Å². The number of carbonyl (C=O) groups is 1. The molecule has 84 valence electrons. The predicted octanol–water partition coefficient (Wildman–Crippen LogP) is 3.81. The fraction of sp³-hybridized carbons (Fsp3) is 0.909. The third-order valence-corrected chi connectivity index (χ3v) is 3.67. The minimum atomic E-state index is -0.0894. The molecule has 0 bridgehead atoms. The molecule has 0 aromatic heterocycles. The lowest BCUT2D eigenvalue weighted by molar-refractivity contribution is 0.249. The van der Waals surface area contributed by atoms with Crippen molar-refractivity contribution < 1.29 is 4.79 Å². The third kappa shape index (κ3) is 5.53. The van der Waals surface area contributed by atoms with Gasteiger partial charge in [0, 0.05) is 10.3 Å². The molecule has 1 N–H and O–H groups in total. The smallest absolute Gasteiger partial charge is 0.279 e. The van der Waals surface area contributed by atoms with Crippen LogP contribution in [0.5, 0.6) is 0 Å². The lowest BCUT2D eigenvalue weighted by Crippen LogP contribution is -2.42. The summed E-state index contributed by atoms with van der Waals surface area (Å²) in [5, 5.41) is 3.11. The number of nitrogens with one attached hydrogen (secondary N) is 1. The molecule has 0 atom stereocenters. The summed E-state index contributed by atoms with van der Waals surface area (Å²) in [6, 6.07) is 0. The molecule has 0 fully saturated rings. The molecule has 3 heteroatoms. The number of thioether (sulfide) groups is 1. The van der Waals surface area contributed by atoms with E-state index >= 15 is 0 Å². The molecule has 0 heterocycles. The van der Waals surface area contributed by atoms with Crippen LogP contribution in [0.3, 0.4) is 0 Å². The summed E-state index contributed by atoms with van der Waals surface area (Å²) in [6.07, 6.45) is 1.95. The van der Waals surface area contributed by atoms with E-state index in [1.807, 2.05) is 13.8 Å². The van der Waals surface area contributed by atoms with Crippen molar-refractivity contribution in [2.75, 3.05) is 0 Å². The van der Waals surface area contributed by atoms with Gasteiger partial charge in [0.25, 0.3) is 5.24 Å². The Hall–Kier alpha value is -0.180. The zero-order valence-corrected chi connectivity index (χ0v) is 11.0. The first-order valence-corrected chi connectivity index (χ1v) is 6.05. The first-order valence-electron chi connectivity index (χ1n) is 5.23. The van der Waals surface area contributed by atoms with Gasteiger partial charge >= 0.3 is 0 Å². The molecule has 0 rings (SSSR count). The van der Waals surface area contributed by atoms with Crippen LogP contribution < -0.4 is 5.32 Å².